The third kappa shape index (κ3) is 3.20. The summed E-state index contributed by atoms with van der Waals surface area (Å²) < 4.78 is 26.7. The zero-order chi connectivity index (χ0) is 14.0. The molecule has 0 bridgehead atoms. The van der Waals surface area contributed by atoms with Crippen LogP contribution in [-0.4, -0.2) is 29.9 Å². The van der Waals surface area contributed by atoms with Crippen LogP contribution in [0.15, 0.2) is 28.3 Å². The average Bonchev–Trinajstić information content (AvgIpc) is 2.73. The van der Waals surface area contributed by atoms with Crippen molar-refractivity contribution in [1.29, 1.82) is 0 Å². The molecule has 1 heterocycles. The van der Waals surface area contributed by atoms with E-state index in [9.17, 15) is 8.42 Å². The molecular formula is C12H19NO3S2. The van der Waals surface area contributed by atoms with E-state index in [0.717, 1.165) is 11.3 Å². The highest BCUT2D eigenvalue weighted by molar-refractivity contribution is 7.91. The molecule has 0 amide bonds. The summed E-state index contributed by atoms with van der Waals surface area (Å²) in [6.45, 7) is 9.24. The molecule has 0 unspecified atom stereocenters. The van der Waals surface area contributed by atoms with Gasteiger partial charge in [-0.2, -0.15) is 4.31 Å². The largest absolute Gasteiger partial charge is 0.392 e. The molecule has 1 aromatic heterocycles. The second-order valence-corrected chi connectivity index (χ2v) is 7.93. The van der Waals surface area contributed by atoms with Gasteiger partial charge in [0.15, 0.2) is 0 Å². The molecule has 0 atom stereocenters. The van der Waals surface area contributed by atoms with Crippen molar-refractivity contribution >= 4 is 21.4 Å². The van der Waals surface area contributed by atoms with Gasteiger partial charge in [-0.05, 0) is 37.8 Å². The molecule has 0 aromatic carbocycles. The van der Waals surface area contributed by atoms with E-state index in [1.807, 2.05) is 20.8 Å². The molecule has 102 valence electrons. The summed E-state index contributed by atoms with van der Waals surface area (Å²) in [5.41, 5.74) is 0.0992. The Morgan fingerprint density at radius 1 is 1.50 bits per heavy atom. The normalized spacial score (nSPS) is 12.9. The SMILES string of the molecule is C=CCN(C(C)(C)C)S(=O)(=O)c1cc(CO)cs1. The zero-order valence-electron chi connectivity index (χ0n) is 10.9. The smallest absolute Gasteiger partial charge is 0.253 e. The average molecular weight is 289 g/mol. The van der Waals surface area contributed by atoms with Gasteiger partial charge in [-0.15, -0.1) is 17.9 Å². The number of aliphatic hydroxyl groups excluding tert-OH is 1. The minimum absolute atomic E-state index is 0.150. The molecular weight excluding hydrogens is 270 g/mol. The number of rotatable bonds is 5. The Morgan fingerprint density at radius 2 is 2.11 bits per heavy atom. The Balaban J connectivity index is 3.21. The van der Waals surface area contributed by atoms with Crippen molar-refractivity contribution in [2.45, 2.75) is 37.1 Å². The maximum Gasteiger partial charge on any atom is 0.253 e. The molecule has 1 aromatic rings. The number of hydrogen-bond acceptors (Lipinski definition) is 4. The fourth-order valence-corrected chi connectivity index (χ4v) is 4.60. The lowest BCUT2D eigenvalue weighted by Crippen LogP contribution is -2.45. The lowest BCUT2D eigenvalue weighted by Gasteiger charge is -2.33. The van der Waals surface area contributed by atoms with E-state index in [-0.39, 0.29) is 17.4 Å². The summed E-state index contributed by atoms with van der Waals surface area (Å²) in [6, 6.07) is 1.52. The van der Waals surface area contributed by atoms with E-state index in [0.29, 0.717) is 5.56 Å². The number of hydrogen-bond donors (Lipinski definition) is 1. The maximum absolute atomic E-state index is 12.5. The van der Waals surface area contributed by atoms with Crippen molar-refractivity contribution in [3.05, 3.63) is 29.7 Å². The van der Waals surface area contributed by atoms with Crippen LogP contribution in [0.25, 0.3) is 0 Å². The van der Waals surface area contributed by atoms with Gasteiger partial charge in [0.1, 0.15) is 4.21 Å². The van der Waals surface area contributed by atoms with Crippen LogP contribution in [0, 0.1) is 0 Å². The molecule has 0 saturated carbocycles. The first-order valence-electron chi connectivity index (χ1n) is 5.55. The first-order valence-corrected chi connectivity index (χ1v) is 7.87. The van der Waals surface area contributed by atoms with Crippen molar-refractivity contribution < 1.29 is 13.5 Å². The minimum Gasteiger partial charge on any atom is -0.392 e. The van der Waals surface area contributed by atoms with Gasteiger partial charge in [0.25, 0.3) is 10.0 Å². The summed E-state index contributed by atoms with van der Waals surface area (Å²) in [4.78, 5) is 0. The van der Waals surface area contributed by atoms with E-state index in [4.69, 9.17) is 5.11 Å². The van der Waals surface area contributed by atoms with Crippen molar-refractivity contribution in [3.8, 4) is 0 Å². The molecule has 0 fully saturated rings. The lowest BCUT2D eigenvalue weighted by atomic mass is 10.1. The predicted octanol–water partition coefficient (Wildman–Crippen LogP) is 2.22. The van der Waals surface area contributed by atoms with Crippen LogP contribution >= 0.6 is 11.3 Å². The second kappa shape index (κ2) is 5.52. The maximum atomic E-state index is 12.5. The number of thiophene rings is 1. The third-order valence-electron chi connectivity index (χ3n) is 2.40. The van der Waals surface area contributed by atoms with Crippen LogP contribution < -0.4 is 0 Å². The summed E-state index contributed by atoms with van der Waals surface area (Å²) in [5, 5.41) is 10.7. The van der Waals surface area contributed by atoms with Crippen LogP contribution in [0.3, 0.4) is 0 Å². The van der Waals surface area contributed by atoms with E-state index < -0.39 is 15.6 Å². The van der Waals surface area contributed by atoms with E-state index in [1.54, 1.807) is 11.5 Å². The zero-order valence-corrected chi connectivity index (χ0v) is 12.5. The molecule has 0 radical (unpaired) electrons. The van der Waals surface area contributed by atoms with Crippen LogP contribution in [0.1, 0.15) is 26.3 Å². The van der Waals surface area contributed by atoms with Gasteiger partial charge >= 0.3 is 0 Å². The highest BCUT2D eigenvalue weighted by atomic mass is 32.2. The first-order chi connectivity index (χ1) is 8.23. The Labute approximate surface area is 113 Å². The van der Waals surface area contributed by atoms with Gasteiger partial charge in [-0.3, -0.25) is 0 Å². The van der Waals surface area contributed by atoms with Crippen molar-refractivity contribution in [2.75, 3.05) is 6.54 Å². The fourth-order valence-electron chi connectivity index (χ4n) is 1.53. The Morgan fingerprint density at radius 3 is 2.50 bits per heavy atom. The molecule has 0 aliphatic heterocycles. The summed E-state index contributed by atoms with van der Waals surface area (Å²) in [6.07, 6.45) is 1.57. The molecule has 0 aliphatic carbocycles. The number of sulfonamides is 1. The Kier molecular flexibility index (Phi) is 4.72. The molecule has 0 saturated heterocycles. The topological polar surface area (TPSA) is 57.6 Å². The molecule has 18 heavy (non-hydrogen) atoms. The van der Waals surface area contributed by atoms with E-state index in [1.165, 1.54) is 10.4 Å². The Bertz CT molecular complexity index is 512. The molecule has 4 nitrogen and oxygen atoms in total. The number of aliphatic hydroxyl groups is 1. The Hall–Kier alpha value is -0.690. The summed E-state index contributed by atoms with van der Waals surface area (Å²) >= 11 is 1.13. The standard InChI is InChI=1S/C12H19NO3S2/c1-5-6-13(12(2,3)4)18(15,16)11-7-10(8-14)9-17-11/h5,7,9,14H,1,6,8H2,2-4H3. The number of nitrogens with zero attached hydrogens (tertiary/aromatic N) is 1. The monoisotopic (exact) mass is 289 g/mol. The quantitative estimate of drug-likeness (QED) is 0.846. The highest BCUT2D eigenvalue weighted by Crippen LogP contribution is 2.28. The lowest BCUT2D eigenvalue weighted by molar-refractivity contribution is 0.270. The van der Waals surface area contributed by atoms with Gasteiger partial charge < -0.3 is 5.11 Å². The van der Waals surface area contributed by atoms with Gasteiger partial charge in [0.05, 0.1) is 6.61 Å². The molecule has 1 rings (SSSR count). The first kappa shape index (κ1) is 15.4. The second-order valence-electron chi connectivity index (χ2n) is 4.93. The molecule has 1 N–H and O–H groups in total. The van der Waals surface area contributed by atoms with Crippen LogP contribution in [0.5, 0.6) is 0 Å². The minimum atomic E-state index is -3.54. The van der Waals surface area contributed by atoms with E-state index >= 15 is 0 Å². The highest BCUT2D eigenvalue weighted by Gasteiger charge is 2.33. The van der Waals surface area contributed by atoms with Gasteiger partial charge in [0, 0.05) is 12.1 Å². The van der Waals surface area contributed by atoms with Crippen LogP contribution in [0.4, 0.5) is 0 Å². The molecule has 0 spiro atoms. The van der Waals surface area contributed by atoms with Crippen molar-refractivity contribution in [1.82, 2.24) is 4.31 Å². The van der Waals surface area contributed by atoms with Crippen molar-refractivity contribution in [3.63, 3.8) is 0 Å². The van der Waals surface area contributed by atoms with E-state index in [2.05, 4.69) is 6.58 Å². The summed E-state index contributed by atoms with van der Waals surface area (Å²) in [7, 11) is -3.54. The summed E-state index contributed by atoms with van der Waals surface area (Å²) in [5.74, 6) is 0. The third-order valence-corrected chi connectivity index (χ3v) is 5.99. The van der Waals surface area contributed by atoms with Gasteiger partial charge in [0.2, 0.25) is 0 Å². The van der Waals surface area contributed by atoms with Gasteiger partial charge in [-0.25, -0.2) is 8.42 Å². The molecule has 0 aliphatic rings. The molecule has 6 heteroatoms. The van der Waals surface area contributed by atoms with Crippen LogP contribution in [0.2, 0.25) is 0 Å². The fraction of sp³-hybridized carbons (Fsp3) is 0.500. The predicted molar refractivity (Wildman–Crippen MR) is 74.1 cm³/mol. The van der Waals surface area contributed by atoms with Gasteiger partial charge in [-0.1, -0.05) is 6.08 Å². The van der Waals surface area contributed by atoms with Crippen molar-refractivity contribution in [2.24, 2.45) is 0 Å². The van der Waals surface area contributed by atoms with Crippen LogP contribution in [-0.2, 0) is 16.6 Å².